The molecule has 4 nitrogen and oxygen atoms in total. The Morgan fingerprint density at radius 2 is 0.588 bits per heavy atom. The maximum atomic E-state index is 4.64. The van der Waals surface area contributed by atoms with Gasteiger partial charge in [-0.2, -0.15) is 0 Å². The van der Waals surface area contributed by atoms with E-state index in [4.69, 9.17) is 0 Å². The second-order valence-electron chi connectivity index (χ2n) is 17.6. The van der Waals surface area contributed by atoms with Crippen LogP contribution in [0.1, 0.15) is 75.7 Å². The van der Waals surface area contributed by atoms with Crippen molar-refractivity contribution in [3.63, 3.8) is 0 Å². The van der Waals surface area contributed by atoms with E-state index in [9.17, 15) is 0 Å². The van der Waals surface area contributed by atoms with Crippen LogP contribution in [0.2, 0.25) is 0 Å². The summed E-state index contributed by atoms with van der Waals surface area (Å²) in [5.74, 6) is 0. The molecule has 12 rings (SSSR count). The Labute approximate surface area is 426 Å². The molecule has 0 aliphatic carbocycles. The predicted molar refractivity (Wildman–Crippen MR) is 307 cm³/mol. The fourth-order valence-corrected chi connectivity index (χ4v) is 14.9. The Balaban J connectivity index is 0.000000116. The molecule has 68 heavy (non-hydrogen) atoms. The van der Waals surface area contributed by atoms with E-state index in [0.717, 1.165) is 20.0 Å². The Hall–Kier alpha value is -4.94. The molecule has 0 saturated heterocycles. The molecule has 0 radical (unpaired) electrons. The van der Waals surface area contributed by atoms with Crippen LogP contribution in [0.4, 0.5) is 0 Å². The molecule has 0 unspecified atom stereocenters. The molecular formula is C58H58N4S6. The van der Waals surface area contributed by atoms with Gasteiger partial charge in [-0.25, -0.2) is 19.9 Å². The first-order valence-electron chi connectivity index (χ1n) is 22.7. The van der Waals surface area contributed by atoms with Crippen LogP contribution in [-0.2, 0) is 0 Å². The minimum Gasteiger partial charge on any atom is -0.241 e. The monoisotopic (exact) mass is 1000 g/mol. The van der Waals surface area contributed by atoms with Gasteiger partial charge >= 0.3 is 0 Å². The molecule has 0 amide bonds. The maximum Gasteiger partial charge on any atom is 0.0908 e. The van der Waals surface area contributed by atoms with E-state index in [1.807, 2.05) is 0 Å². The third-order valence-electron chi connectivity index (χ3n) is 12.4. The zero-order chi connectivity index (χ0) is 48.7. The van der Waals surface area contributed by atoms with Crippen LogP contribution in [0.5, 0.6) is 0 Å². The first kappa shape index (κ1) is 49.5. The molecule has 5 heterocycles. The van der Waals surface area contributed by atoms with Crippen LogP contribution < -0.4 is 0 Å². The minimum absolute atomic E-state index is 1.15. The average Bonchev–Trinajstić information content (AvgIpc) is 4.18. The number of thiazole rings is 4. The summed E-state index contributed by atoms with van der Waals surface area (Å²) in [5.41, 5.74) is 18.0. The van der Waals surface area contributed by atoms with Crippen molar-refractivity contribution in [1.29, 1.82) is 0 Å². The third-order valence-corrected chi connectivity index (χ3v) is 19.3. The maximum absolute atomic E-state index is 4.64. The van der Waals surface area contributed by atoms with Crippen molar-refractivity contribution in [3.8, 4) is 0 Å². The molecule has 1 aliphatic heterocycles. The molecule has 11 aromatic rings. The lowest BCUT2D eigenvalue weighted by molar-refractivity contribution is 1.13. The highest BCUT2D eigenvalue weighted by Crippen LogP contribution is 2.52. The lowest BCUT2D eigenvalue weighted by Crippen LogP contribution is -1.85. The number of benzene rings is 7. The molecule has 0 N–H and O–H groups in total. The van der Waals surface area contributed by atoms with Crippen molar-refractivity contribution < 1.29 is 0 Å². The van der Waals surface area contributed by atoms with Crippen LogP contribution in [0.15, 0.2) is 106 Å². The van der Waals surface area contributed by atoms with E-state index in [-0.39, 0.29) is 0 Å². The zero-order valence-corrected chi connectivity index (χ0v) is 46.4. The fraction of sp³-hybridized carbons (Fsp3) is 0.241. The van der Waals surface area contributed by atoms with E-state index in [1.165, 1.54) is 132 Å². The second-order valence-corrected chi connectivity index (χ2v) is 24.8. The summed E-state index contributed by atoms with van der Waals surface area (Å²) in [6.45, 7) is 33.8. The lowest BCUT2D eigenvalue weighted by Gasteiger charge is -2.06. The highest BCUT2D eigenvalue weighted by Gasteiger charge is 2.19. The SMILES string of the molecule is C=C1Sc2c(C)ccc(C)c2S1.Cc1nc2c(C)c3ccccc3c(C)c2s1.Cc1nc2c(C)c3ccccc3c(C)c2s1.Cc1nc2c(C)ccc(C)c2s1.Cc1nc2c(C)ccc(C)c2s1. The molecule has 0 saturated carbocycles. The Bertz CT molecular complexity index is 3280. The van der Waals surface area contributed by atoms with E-state index in [1.54, 1.807) is 68.9 Å². The van der Waals surface area contributed by atoms with Crippen LogP contribution in [0.3, 0.4) is 0 Å². The van der Waals surface area contributed by atoms with Crippen molar-refractivity contribution in [2.75, 3.05) is 0 Å². The number of nitrogens with zero attached hydrogens (tertiary/aromatic N) is 4. The van der Waals surface area contributed by atoms with Gasteiger partial charge in [0.25, 0.3) is 0 Å². The molecule has 7 aromatic carbocycles. The first-order valence-corrected chi connectivity index (χ1v) is 27.6. The van der Waals surface area contributed by atoms with Crippen molar-refractivity contribution >= 4 is 131 Å². The lowest BCUT2D eigenvalue weighted by atomic mass is 10.00. The number of thioether (sulfide) groups is 2. The number of aryl methyl sites for hydroxylation is 14. The average molecular weight is 1000 g/mol. The number of fused-ring (bicyclic) bond motifs is 7. The smallest absolute Gasteiger partial charge is 0.0908 e. The van der Waals surface area contributed by atoms with Gasteiger partial charge < -0.3 is 0 Å². The Morgan fingerprint density at radius 3 is 0.926 bits per heavy atom. The van der Waals surface area contributed by atoms with E-state index < -0.39 is 0 Å². The van der Waals surface area contributed by atoms with Gasteiger partial charge in [-0.05, 0) is 174 Å². The molecule has 0 spiro atoms. The summed E-state index contributed by atoms with van der Waals surface area (Å²) in [6, 6.07) is 30.1. The van der Waals surface area contributed by atoms with Gasteiger partial charge in [0.15, 0.2) is 0 Å². The quantitative estimate of drug-likeness (QED) is 0.151. The summed E-state index contributed by atoms with van der Waals surface area (Å²) >= 11 is 10.8. The molecule has 346 valence electrons. The number of aromatic nitrogens is 4. The van der Waals surface area contributed by atoms with E-state index in [2.05, 4.69) is 208 Å². The van der Waals surface area contributed by atoms with Crippen LogP contribution in [0, 0.1) is 96.9 Å². The summed E-state index contributed by atoms with van der Waals surface area (Å²) in [6.07, 6.45) is 0. The summed E-state index contributed by atoms with van der Waals surface area (Å²) in [4.78, 5) is 21.1. The van der Waals surface area contributed by atoms with E-state index in [0.29, 0.717) is 0 Å². The van der Waals surface area contributed by atoms with Gasteiger partial charge in [-0.1, -0.05) is 115 Å². The summed E-state index contributed by atoms with van der Waals surface area (Å²) < 4.78 is 6.56. The highest BCUT2D eigenvalue weighted by molar-refractivity contribution is 8.24. The molecular weight excluding hydrogens is 945 g/mol. The van der Waals surface area contributed by atoms with Crippen molar-refractivity contribution in [3.05, 3.63) is 171 Å². The molecule has 4 aromatic heterocycles. The van der Waals surface area contributed by atoms with Crippen molar-refractivity contribution in [2.45, 2.75) is 107 Å². The van der Waals surface area contributed by atoms with Crippen LogP contribution >= 0.6 is 68.9 Å². The summed E-state index contributed by atoms with van der Waals surface area (Å²) in [7, 11) is 0. The van der Waals surface area contributed by atoms with Gasteiger partial charge in [-0.15, -0.1) is 45.3 Å². The van der Waals surface area contributed by atoms with Crippen LogP contribution in [-0.4, -0.2) is 19.9 Å². The number of rotatable bonds is 0. The van der Waals surface area contributed by atoms with Gasteiger partial charge in [0.1, 0.15) is 0 Å². The normalized spacial score (nSPS) is 11.9. The second kappa shape index (κ2) is 20.6. The van der Waals surface area contributed by atoms with Crippen molar-refractivity contribution in [1.82, 2.24) is 19.9 Å². The minimum atomic E-state index is 1.15. The summed E-state index contributed by atoms with van der Waals surface area (Å²) in [5, 5.41) is 9.99. The third kappa shape index (κ3) is 10.0. The van der Waals surface area contributed by atoms with E-state index >= 15 is 0 Å². The van der Waals surface area contributed by atoms with Gasteiger partial charge in [0.05, 0.1) is 60.9 Å². The Kier molecular flexibility index (Phi) is 15.0. The van der Waals surface area contributed by atoms with Gasteiger partial charge in [0, 0.05) is 14.0 Å². The Morgan fingerprint density at radius 1 is 0.309 bits per heavy atom. The molecule has 0 bridgehead atoms. The standard InChI is InChI=1S/2C14H13NS.2C10H11NS.C10H10S2/c2*1-8-11-6-4-5-7-12(11)9(2)14-13(8)15-10(3)16-14;3*1-6-4-5-7(2)10-9(6)11-8(3)12-10/h2*4-7H,1-3H3;2*4-5H,1-3H3;4-5H,3H2,1-2H3. The highest BCUT2D eigenvalue weighted by atomic mass is 32.2. The van der Waals surface area contributed by atoms with Crippen molar-refractivity contribution in [2.24, 2.45) is 0 Å². The molecule has 0 atom stereocenters. The first-order chi connectivity index (χ1) is 32.4. The van der Waals surface area contributed by atoms with Gasteiger partial charge in [-0.3, -0.25) is 0 Å². The predicted octanol–water partition coefficient (Wildman–Crippen LogP) is 19.2. The number of hydrogen-bond donors (Lipinski definition) is 0. The molecule has 1 aliphatic rings. The molecule has 10 heteroatoms. The topological polar surface area (TPSA) is 51.6 Å². The largest absolute Gasteiger partial charge is 0.241 e. The number of hydrogen-bond acceptors (Lipinski definition) is 10. The molecule has 0 fully saturated rings. The zero-order valence-electron chi connectivity index (χ0n) is 41.5. The van der Waals surface area contributed by atoms with Gasteiger partial charge in [0.2, 0.25) is 0 Å². The van der Waals surface area contributed by atoms with Crippen LogP contribution in [0.25, 0.3) is 62.4 Å². The fourth-order valence-electron chi connectivity index (χ4n) is 8.64.